The predicted octanol–water partition coefficient (Wildman–Crippen LogP) is 0.369. The number of nitrogens with one attached hydrogen (secondary N) is 1. The Morgan fingerprint density at radius 3 is 2.38 bits per heavy atom. The van der Waals surface area contributed by atoms with Crippen molar-refractivity contribution in [2.24, 2.45) is 11.5 Å². The van der Waals surface area contributed by atoms with E-state index >= 15 is 0 Å². The molecular formula is C14H19ClN4O2. The zero-order valence-electron chi connectivity index (χ0n) is 11.6. The summed E-state index contributed by atoms with van der Waals surface area (Å²) in [5.41, 5.74) is 12.1. The first-order valence-corrected chi connectivity index (χ1v) is 7.17. The number of nitrogens with zero attached hydrogens (tertiary/aromatic N) is 1. The van der Waals surface area contributed by atoms with Gasteiger partial charge in [-0.1, -0.05) is 17.7 Å². The van der Waals surface area contributed by atoms with E-state index in [4.69, 9.17) is 23.1 Å². The van der Waals surface area contributed by atoms with Crippen molar-refractivity contribution < 1.29 is 9.59 Å². The Kier molecular flexibility index (Phi) is 5.03. The fraction of sp³-hybridized carbons (Fsp3) is 0.429. The van der Waals surface area contributed by atoms with Crippen LogP contribution in [0, 0.1) is 0 Å². The van der Waals surface area contributed by atoms with Crippen molar-refractivity contribution in [2.45, 2.75) is 25.4 Å². The van der Waals surface area contributed by atoms with Crippen molar-refractivity contribution in [3.8, 4) is 0 Å². The minimum absolute atomic E-state index is 0.0836. The van der Waals surface area contributed by atoms with Gasteiger partial charge in [0, 0.05) is 23.3 Å². The molecular weight excluding hydrogens is 292 g/mol. The third-order valence-corrected chi connectivity index (χ3v) is 3.48. The van der Waals surface area contributed by atoms with Crippen LogP contribution < -0.4 is 21.7 Å². The van der Waals surface area contributed by atoms with Gasteiger partial charge in [0.1, 0.15) is 0 Å². The van der Waals surface area contributed by atoms with E-state index in [0.29, 0.717) is 23.3 Å². The number of hydrogen-bond donors (Lipinski definition) is 3. The minimum atomic E-state index is -0.530. The zero-order valence-corrected chi connectivity index (χ0v) is 12.4. The second kappa shape index (κ2) is 6.78. The van der Waals surface area contributed by atoms with Crippen LogP contribution in [-0.4, -0.2) is 30.9 Å². The molecule has 1 aromatic carbocycles. The van der Waals surface area contributed by atoms with Gasteiger partial charge in [0.05, 0.1) is 13.1 Å². The van der Waals surface area contributed by atoms with Crippen molar-refractivity contribution in [3.05, 3.63) is 28.8 Å². The Balaban J connectivity index is 2.23. The lowest BCUT2D eigenvalue weighted by Gasteiger charge is -2.25. The van der Waals surface area contributed by atoms with E-state index in [1.165, 1.54) is 12.8 Å². The average Bonchev–Trinajstić information content (AvgIpc) is 3.19. The van der Waals surface area contributed by atoms with Crippen molar-refractivity contribution in [1.82, 2.24) is 5.32 Å². The van der Waals surface area contributed by atoms with E-state index in [0.717, 1.165) is 5.56 Å². The summed E-state index contributed by atoms with van der Waals surface area (Å²) < 4.78 is 0. The second-order valence-electron chi connectivity index (χ2n) is 5.22. The van der Waals surface area contributed by atoms with E-state index in [-0.39, 0.29) is 13.1 Å². The Hall–Kier alpha value is -1.79. The molecule has 6 nitrogen and oxygen atoms in total. The zero-order chi connectivity index (χ0) is 15.4. The Morgan fingerprint density at radius 1 is 1.24 bits per heavy atom. The van der Waals surface area contributed by atoms with E-state index < -0.39 is 11.8 Å². The van der Waals surface area contributed by atoms with Gasteiger partial charge in [-0.3, -0.25) is 9.59 Å². The van der Waals surface area contributed by atoms with Crippen LogP contribution in [0.25, 0.3) is 0 Å². The fourth-order valence-electron chi connectivity index (χ4n) is 2.13. The number of carbonyl (C=O) groups is 2. The van der Waals surface area contributed by atoms with Gasteiger partial charge in [-0.25, -0.2) is 0 Å². The first kappa shape index (κ1) is 15.6. The van der Waals surface area contributed by atoms with E-state index in [1.54, 1.807) is 17.0 Å². The van der Waals surface area contributed by atoms with Crippen molar-refractivity contribution >= 4 is 29.1 Å². The van der Waals surface area contributed by atoms with Crippen LogP contribution in [0.5, 0.6) is 0 Å². The molecule has 0 radical (unpaired) electrons. The molecule has 1 aromatic rings. The summed E-state index contributed by atoms with van der Waals surface area (Å²) in [5, 5.41) is 3.92. The molecule has 1 saturated carbocycles. The number of rotatable bonds is 8. The van der Waals surface area contributed by atoms with Gasteiger partial charge in [0.15, 0.2) is 0 Å². The standard InChI is InChI=1S/C14H19ClN4O2/c15-10-2-1-9(6-18-11-3-4-11)12(5-10)19(7-13(16)20)8-14(17)21/h1-2,5,11,18H,3-4,6-8H2,(H2,16,20)(H2,17,21). The summed E-state index contributed by atoms with van der Waals surface area (Å²) in [6.45, 7) is 0.477. The number of amides is 2. The molecule has 114 valence electrons. The first-order chi connectivity index (χ1) is 9.95. The number of anilines is 1. The first-order valence-electron chi connectivity index (χ1n) is 6.79. The smallest absolute Gasteiger partial charge is 0.236 e. The highest BCUT2D eigenvalue weighted by Gasteiger charge is 2.22. The van der Waals surface area contributed by atoms with E-state index in [1.807, 2.05) is 6.07 Å². The van der Waals surface area contributed by atoms with Crippen LogP contribution in [0.2, 0.25) is 5.02 Å². The van der Waals surface area contributed by atoms with Crippen LogP contribution in [0.3, 0.4) is 0 Å². The molecule has 0 saturated heterocycles. The van der Waals surface area contributed by atoms with Crippen LogP contribution in [0.1, 0.15) is 18.4 Å². The summed E-state index contributed by atoms with van der Waals surface area (Å²) in [4.78, 5) is 24.0. The van der Waals surface area contributed by atoms with Crippen molar-refractivity contribution in [3.63, 3.8) is 0 Å². The maximum Gasteiger partial charge on any atom is 0.236 e. The largest absolute Gasteiger partial charge is 0.368 e. The van der Waals surface area contributed by atoms with Crippen molar-refractivity contribution in [2.75, 3.05) is 18.0 Å². The molecule has 0 atom stereocenters. The number of hydrogen-bond acceptors (Lipinski definition) is 4. The summed E-state index contributed by atoms with van der Waals surface area (Å²) in [5.74, 6) is -1.06. The second-order valence-corrected chi connectivity index (χ2v) is 5.65. The van der Waals surface area contributed by atoms with Gasteiger partial charge in [0.25, 0.3) is 0 Å². The molecule has 0 heterocycles. The van der Waals surface area contributed by atoms with Crippen LogP contribution in [0.4, 0.5) is 5.69 Å². The molecule has 0 unspecified atom stereocenters. The Labute approximate surface area is 128 Å². The summed E-state index contributed by atoms with van der Waals surface area (Å²) in [6.07, 6.45) is 2.35. The molecule has 5 N–H and O–H groups in total. The highest BCUT2D eigenvalue weighted by atomic mass is 35.5. The maximum absolute atomic E-state index is 11.2. The highest BCUT2D eigenvalue weighted by molar-refractivity contribution is 6.30. The van der Waals surface area contributed by atoms with Gasteiger partial charge in [0.2, 0.25) is 11.8 Å². The van der Waals surface area contributed by atoms with Gasteiger partial charge < -0.3 is 21.7 Å². The molecule has 2 amide bonds. The lowest BCUT2D eigenvalue weighted by Crippen LogP contribution is -2.40. The van der Waals surface area contributed by atoms with Crippen molar-refractivity contribution in [1.29, 1.82) is 0 Å². The van der Waals surface area contributed by atoms with Gasteiger partial charge in [-0.2, -0.15) is 0 Å². The third kappa shape index (κ3) is 4.91. The van der Waals surface area contributed by atoms with Crippen LogP contribution in [0.15, 0.2) is 18.2 Å². The minimum Gasteiger partial charge on any atom is -0.368 e. The number of nitrogens with two attached hydrogens (primary N) is 2. The molecule has 0 bridgehead atoms. The number of primary amides is 2. The van der Waals surface area contributed by atoms with E-state index in [2.05, 4.69) is 5.32 Å². The average molecular weight is 311 g/mol. The SMILES string of the molecule is NC(=O)CN(CC(N)=O)c1cc(Cl)ccc1CNC1CC1. The molecule has 1 aliphatic carbocycles. The monoisotopic (exact) mass is 310 g/mol. The summed E-state index contributed by atoms with van der Waals surface area (Å²) >= 11 is 6.03. The Morgan fingerprint density at radius 2 is 1.86 bits per heavy atom. The molecule has 0 aliphatic heterocycles. The molecule has 0 spiro atoms. The highest BCUT2D eigenvalue weighted by Crippen LogP contribution is 2.26. The number of benzene rings is 1. The predicted molar refractivity (Wildman–Crippen MR) is 81.9 cm³/mol. The summed E-state index contributed by atoms with van der Waals surface area (Å²) in [7, 11) is 0. The molecule has 1 aliphatic rings. The van der Waals surface area contributed by atoms with Crippen LogP contribution >= 0.6 is 11.6 Å². The molecule has 2 rings (SSSR count). The number of halogens is 1. The maximum atomic E-state index is 11.2. The topological polar surface area (TPSA) is 101 Å². The summed E-state index contributed by atoms with van der Waals surface area (Å²) in [6, 6.07) is 5.93. The van der Waals surface area contributed by atoms with Gasteiger partial charge in [-0.15, -0.1) is 0 Å². The third-order valence-electron chi connectivity index (χ3n) is 3.24. The lowest BCUT2D eigenvalue weighted by atomic mass is 10.1. The van der Waals surface area contributed by atoms with E-state index in [9.17, 15) is 9.59 Å². The molecule has 21 heavy (non-hydrogen) atoms. The molecule has 7 heteroatoms. The number of carbonyl (C=O) groups excluding carboxylic acids is 2. The van der Waals surface area contributed by atoms with Gasteiger partial charge in [-0.05, 0) is 30.5 Å². The Bertz CT molecular complexity index is 530. The lowest BCUT2D eigenvalue weighted by molar-refractivity contribution is -0.117. The quantitative estimate of drug-likeness (QED) is 0.645. The fourth-order valence-corrected chi connectivity index (χ4v) is 2.29. The van der Waals surface area contributed by atoms with Gasteiger partial charge >= 0.3 is 0 Å². The van der Waals surface area contributed by atoms with Crippen LogP contribution in [-0.2, 0) is 16.1 Å². The molecule has 0 aromatic heterocycles. The molecule has 1 fully saturated rings. The normalized spacial score (nSPS) is 14.0.